The third-order valence-electron chi connectivity index (χ3n) is 8.69. The van der Waals surface area contributed by atoms with Crippen LogP contribution in [0.3, 0.4) is 0 Å². The Kier molecular flexibility index (Phi) is 33.2. The summed E-state index contributed by atoms with van der Waals surface area (Å²) in [5, 5.41) is 7.02. The molecule has 54 heavy (non-hydrogen) atoms. The van der Waals surface area contributed by atoms with Gasteiger partial charge in [0, 0.05) is 138 Å². The summed E-state index contributed by atoms with van der Waals surface area (Å²) in [6, 6.07) is 0. The molecule has 0 unspecified atom stereocenters. The molecule has 11 heteroatoms. The van der Waals surface area contributed by atoms with Gasteiger partial charge in [-0.05, 0) is 66.5 Å². The summed E-state index contributed by atoms with van der Waals surface area (Å²) in [6.07, 6.45) is 40.3. The van der Waals surface area contributed by atoms with Gasteiger partial charge in [0.1, 0.15) is 0 Å². The average molecular weight is 754 g/mol. The zero-order valence-corrected chi connectivity index (χ0v) is 35.0. The topological polar surface area (TPSA) is 62.0 Å². The lowest BCUT2D eigenvalue weighted by atomic mass is 10.3. The van der Waals surface area contributed by atoms with Crippen LogP contribution in [0.1, 0.15) is 39.5 Å². The molecule has 8 heterocycles. The number of hydrogen-bond donors (Lipinski definition) is 3. The van der Waals surface area contributed by atoms with Crippen molar-refractivity contribution in [1.29, 1.82) is 0 Å². The van der Waals surface area contributed by atoms with E-state index in [1.165, 1.54) is 64.8 Å². The van der Waals surface area contributed by atoms with Crippen molar-refractivity contribution in [1.82, 2.24) is 55.6 Å². The minimum absolute atomic E-state index is 0. The normalized spacial score (nSPS) is 21.2. The molecular formula is C43H83N11. The van der Waals surface area contributed by atoms with E-state index in [9.17, 15) is 0 Å². The van der Waals surface area contributed by atoms with Gasteiger partial charge in [-0.2, -0.15) is 0 Å². The summed E-state index contributed by atoms with van der Waals surface area (Å²) in [6.45, 7) is 14.9. The Labute approximate surface area is 333 Å². The smallest absolute Gasteiger partial charge is 0.0373 e. The van der Waals surface area contributed by atoms with Crippen LogP contribution < -0.4 is 16.2 Å². The lowest BCUT2D eigenvalue weighted by molar-refractivity contribution is 0.332. The highest BCUT2D eigenvalue weighted by molar-refractivity contribution is 4.94. The van der Waals surface area contributed by atoms with E-state index in [2.05, 4.69) is 161 Å². The van der Waals surface area contributed by atoms with E-state index in [1.807, 2.05) is 48.9 Å². The molecule has 0 aromatic rings. The second kappa shape index (κ2) is 35.4. The molecule has 3 N–H and O–H groups in total. The summed E-state index contributed by atoms with van der Waals surface area (Å²) in [4.78, 5) is 13.6. The average Bonchev–Trinajstić information content (AvgIpc) is 4.01. The van der Waals surface area contributed by atoms with Gasteiger partial charge in [-0.15, -0.1) is 0 Å². The van der Waals surface area contributed by atoms with E-state index in [-0.39, 0.29) is 7.43 Å². The molecule has 8 aliphatic heterocycles. The van der Waals surface area contributed by atoms with Gasteiger partial charge < -0.3 is 40.3 Å². The van der Waals surface area contributed by atoms with Gasteiger partial charge in [0.25, 0.3) is 0 Å². The quantitative estimate of drug-likeness (QED) is 0.297. The number of hydrazine groups is 2. The first-order chi connectivity index (χ1) is 25.7. The summed E-state index contributed by atoms with van der Waals surface area (Å²) < 4.78 is 0. The van der Waals surface area contributed by atoms with E-state index in [0.717, 1.165) is 52.4 Å². The van der Waals surface area contributed by atoms with E-state index in [4.69, 9.17) is 0 Å². The number of nitrogens with one attached hydrogen (secondary N) is 3. The zero-order valence-electron chi connectivity index (χ0n) is 35.0. The Bertz CT molecular complexity index is 1010. The van der Waals surface area contributed by atoms with Crippen LogP contribution in [0, 0.1) is 0 Å². The van der Waals surface area contributed by atoms with Crippen molar-refractivity contribution in [2.24, 2.45) is 0 Å². The van der Waals surface area contributed by atoms with E-state index in [0.29, 0.717) is 0 Å². The minimum Gasteiger partial charge on any atom is -0.388 e. The second-order valence-corrected chi connectivity index (χ2v) is 14.3. The van der Waals surface area contributed by atoms with Gasteiger partial charge >= 0.3 is 0 Å². The van der Waals surface area contributed by atoms with Crippen molar-refractivity contribution in [2.45, 2.75) is 39.5 Å². The van der Waals surface area contributed by atoms with Gasteiger partial charge in [0.2, 0.25) is 0 Å². The largest absolute Gasteiger partial charge is 0.388 e. The van der Waals surface area contributed by atoms with E-state index < -0.39 is 0 Å². The van der Waals surface area contributed by atoms with Crippen LogP contribution in [-0.4, -0.2) is 181 Å². The fourth-order valence-corrected chi connectivity index (χ4v) is 5.13. The predicted octanol–water partition coefficient (Wildman–Crippen LogP) is 4.88. The predicted molar refractivity (Wildman–Crippen MR) is 238 cm³/mol. The number of rotatable bonds is 0. The SMILES string of the molecule is C.CN1C=CCC1.CN1C=CCN1.CN1C=CNCC1.CN1CC=CC1.CN1CC=CCC1.CN1CC=CCC1.CN1CC=CN1.CN1CCC=CCC1. The number of likely N-dealkylation sites (N-methyl/N-ethyl adjacent to an activating group) is 5. The summed E-state index contributed by atoms with van der Waals surface area (Å²) in [7, 11) is 16.7. The van der Waals surface area contributed by atoms with Gasteiger partial charge in [-0.1, -0.05) is 74.3 Å². The lowest BCUT2D eigenvalue weighted by Gasteiger charge is -2.17. The maximum atomic E-state index is 3.09. The first-order valence-electron chi connectivity index (χ1n) is 19.7. The first kappa shape index (κ1) is 50.7. The summed E-state index contributed by atoms with van der Waals surface area (Å²) >= 11 is 0. The van der Waals surface area contributed by atoms with E-state index in [1.54, 1.807) is 0 Å². The van der Waals surface area contributed by atoms with Crippen LogP contribution in [0.2, 0.25) is 0 Å². The maximum Gasteiger partial charge on any atom is 0.0373 e. The molecule has 0 radical (unpaired) electrons. The van der Waals surface area contributed by atoms with Crippen molar-refractivity contribution in [3.63, 3.8) is 0 Å². The third-order valence-corrected chi connectivity index (χ3v) is 8.69. The Morgan fingerprint density at radius 2 is 0.907 bits per heavy atom. The molecule has 0 aromatic carbocycles. The Hall–Kier alpha value is -3.32. The molecule has 11 nitrogen and oxygen atoms in total. The fourth-order valence-electron chi connectivity index (χ4n) is 5.13. The van der Waals surface area contributed by atoms with Crippen molar-refractivity contribution >= 4 is 0 Å². The Morgan fingerprint density at radius 1 is 0.407 bits per heavy atom. The second-order valence-electron chi connectivity index (χ2n) is 14.3. The van der Waals surface area contributed by atoms with Crippen LogP contribution in [0.15, 0.2) is 97.8 Å². The van der Waals surface area contributed by atoms with Crippen molar-refractivity contribution in [3.8, 4) is 0 Å². The van der Waals surface area contributed by atoms with Crippen LogP contribution in [0.5, 0.6) is 0 Å². The van der Waals surface area contributed by atoms with Crippen molar-refractivity contribution < 1.29 is 0 Å². The van der Waals surface area contributed by atoms with Gasteiger partial charge in [0.05, 0.1) is 0 Å². The highest BCUT2D eigenvalue weighted by atomic mass is 15.5. The Balaban J connectivity index is 0.000000594. The number of hydrogen-bond acceptors (Lipinski definition) is 11. The molecule has 0 bridgehead atoms. The number of nitrogens with zero attached hydrogens (tertiary/aromatic N) is 8. The molecular weight excluding hydrogens is 671 g/mol. The monoisotopic (exact) mass is 754 g/mol. The maximum absolute atomic E-state index is 3.09. The highest BCUT2D eigenvalue weighted by Gasteiger charge is 1.99. The molecule has 310 valence electrons. The third kappa shape index (κ3) is 33.3. The molecule has 0 aliphatic carbocycles. The summed E-state index contributed by atoms with van der Waals surface area (Å²) in [5.41, 5.74) is 6.01. The molecule has 0 saturated carbocycles. The van der Waals surface area contributed by atoms with Crippen LogP contribution in [0.4, 0.5) is 0 Å². The summed E-state index contributed by atoms with van der Waals surface area (Å²) in [5.74, 6) is 0. The zero-order chi connectivity index (χ0) is 38.8. The van der Waals surface area contributed by atoms with E-state index >= 15 is 0 Å². The molecule has 0 amide bonds. The standard InChI is InChI=1S/C7H13N.2C6H11N.C5H10N2.2C5H9N.2C4H8N2.CH4/c1-8-6-4-2-3-5-7-8;2*1-7-5-3-2-4-6-7;1-7-4-2-6-3-5-7;4*1-6-4-2-3-5-6;/h2-3H,4-7H2,1H3;2*2-3H,4-6H2,1H3;2,4,6H,3,5H2,1H3;2,4H,3,5H2,1H3;2-3H,4-5H2,1H3;2,4-5H,3H2,1H3;2-3,5H,4H2,1H3;1H4. The molecule has 0 fully saturated rings. The first-order valence-corrected chi connectivity index (χ1v) is 19.7. The molecule has 0 saturated heterocycles. The molecule has 8 rings (SSSR count). The van der Waals surface area contributed by atoms with Gasteiger partial charge in [0.15, 0.2) is 0 Å². The van der Waals surface area contributed by atoms with Crippen LogP contribution >= 0.6 is 0 Å². The van der Waals surface area contributed by atoms with Gasteiger partial charge in [-0.3, -0.25) is 4.90 Å². The molecule has 8 aliphatic rings. The van der Waals surface area contributed by atoms with Crippen LogP contribution in [0.25, 0.3) is 0 Å². The lowest BCUT2D eigenvalue weighted by Crippen LogP contribution is -2.27. The van der Waals surface area contributed by atoms with Crippen molar-refractivity contribution in [3.05, 3.63) is 97.8 Å². The van der Waals surface area contributed by atoms with Crippen LogP contribution in [-0.2, 0) is 0 Å². The highest BCUT2D eigenvalue weighted by Crippen LogP contribution is 1.99. The van der Waals surface area contributed by atoms with Gasteiger partial charge in [-0.25, -0.2) is 10.4 Å². The fraction of sp³-hybridized carbons (Fsp3) is 0.628. The minimum atomic E-state index is 0. The molecule has 0 spiro atoms. The van der Waals surface area contributed by atoms with Crippen molar-refractivity contribution in [2.75, 3.05) is 141 Å². The Morgan fingerprint density at radius 3 is 1.13 bits per heavy atom. The molecule has 0 atom stereocenters. The molecule has 0 aromatic heterocycles.